The third-order valence-corrected chi connectivity index (χ3v) is 3.58. The number of carbonyl (C=O) groups excluding carboxylic acids is 1. The van der Waals surface area contributed by atoms with Crippen LogP contribution in [0.5, 0.6) is 0 Å². The van der Waals surface area contributed by atoms with Gasteiger partial charge in [0, 0.05) is 13.0 Å². The minimum Gasteiger partial charge on any atom is -0.298 e. The summed E-state index contributed by atoms with van der Waals surface area (Å²) in [5, 5.41) is 0. The van der Waals surface area contributed by atoms with Crippen LogP contribution >= 0.6 is 0 Å². The smallest absolute Gasteiger partial charge is 0.149 e. The van der Waals surface area contributed by atoms with Crippen LogP contribution in [0.2, 0.25) is 0 Å². The number of benzene rings is 1. The number of nitrogens with zero attached hydrogens (tertiary/aromatic N) is 1. The predicted octanol–water partition coefficient (Wildman–Crippen LogP) is 3.02. The van der Waals surface area contributed by atoms with Gasteiger partial charge < -0.3 is 0 Å². The van der Waals surface area contributed by atoms with Crippen LogP contribution in [0.1, 0.15) is 37.7 Å². The molecule has 17 heavy (non-hydrogen) atoms. The highest BCUT2D eigenvalue weighted by atomic mass is 16.1. The van der Waals surface area contributed by atoms with E-state index in [1.165, 1.54) is 18.4 Å². The molecule has 0 radical (unpaired) electrons. The Kier molecular flexibility index (Phi) is 4.32. The first-order valence-electron chi connectivity index (χ1n) is 6.54. The van der Waals surface area contributed by atoms with Gasteiger partial charge in [-0.1, -0.05) is 43.2 Å². The summed E-state index contributed by atoms with van der Waals surface area (Å²) >= 11 is 0. The van der Waals surface area contributed by atoms with Gasteiger partial charge in [0.05, 0.1) is 6.04 Å². The van der Waals surface area contributed by atoms with Crippen molar-refractivity contribution in [2.45, 2.75) is 44.7 Å². The average Bonchev–Trinajstić information content (AvgIpc) is 2.55. The van der Waals surface area contributed by atoms with Crippen LogP contribution in [0.3, 0.4) is 0 Å². The molecule has 1 aliphatic carbocycles. The van der Waals surface area contributed by atoms with Gasteiger partial charge in [-0.25, -0.2) is 0 Å². The third kappa shape index (κ3) is 3.40. The first-order chi connectivity index (χ1) is 8.27. The maximum Gasteiger partial charge on any atom is 0.149 e. The van der Waals surface area contributed by atoms with Crippen molar-refractivity contribution in [2.75, 3.05) is 7.05 Å². The molecule has 0 heterocycles. The van der Waals surface area contributed by atoms with Crippen LogP contribution in [0, 0.1) is 0 Å². The van der Waals surface area contributed by atoms with E-state index < -0.39 is 0 Å². The zero-order valence-electron chi connectivity index (χ0n) is 10.6. The summed E-state index contributed by atoms with van der Waals surface area (Å²) in [7, 11) is 2.07. The van der Waals surface area contributed by atoms with E-state index in [0.29, 0.717) is 5.78 Å². The number of hydrogen-bond acceptors (Lipinski definition) is 2. The predicted molar refractivity (Wildman–Crippen MR) is 69.8 cm³/mol. The molecule has 0 spiro atoms. The molecule has 1 aromatic carbocycles. The highest BCUT2D eigenvalue weighted by Crippen LogP contribution is 2.19. The molecule has 2 nitrogen and oxygen atoms in total. The topological polar surface area (TPSA) is 20.3 Å². The van der Waals surface area contributed by atoms with E-state index >= 15 is 0 Å². The van der Waals surface area contributed by atoms with E-state index in [2.05, 4.69) is 36.2 Å². The summed E-state index contributed by atoms with van der Waals surface area (Å²) in [6.07, 6.45) is 5.28. The van der Waals surface area contributed by atoms with Crippen LogP contribution < -0.4 is 0 Å². The Balaban J connectivity index is 1.98. The molecule has 0 aromatic heterocycles. The standard InChI is InChI=1S/C15H21NO/c1-16(12-13-8-4-2-5-9-13)14-10-6-3-7-11-15(14)17/h2,4-5,8-9,14H,3,6-7,10-12H2,1H3. The number of hydrogen-bond donors (Lipinski definition) is 0. The quantitative estimate of drug-likeness (QED) is 0.745. The van der Waals surface area contributed by atoms with Crippen molar-refractivity contribution in [2.24, 2.45) is 0 Å². The first-order valence-corrected chi connectivity index (χ1v) is 6.54. The van der Waals surface area contributed by atoms with Gasteiger partial charge in [-0.2, -0.15) is 0 Å². The lowest BCUT2D eigenvalue weighted by molar-refractivity contribution is -0.123. The second kappa shape index (κ2) is 5.97. The van der Waals surface area contributed by atoms with Gasteiger partial charge in [0.1, 0.15) is 5.78 Å². The fourth-order valence-corrected chi connectivity index (χ4v) is 2.59. The van der Waals surface area contributed by atoms with Crippen molar-refractivity contribution >= 4 is 5.78 Å². The van der Waals surface area contributed by atoms with Crippen molar-refractivity contribution in [3.63, 3.8) is 0 Å². The van der Waals surface area contributed by atoms with E-state index in [0.717, 1.165) is 25.8 Å². The molecule has 0 N–H and O–H groups in total. The molecular weight excluding hydrogens is 210 g/mol. The summed E-state index contributed by atoms with van der Waals surface area (Å²) in [5.41, 5.74) is 1.28. The van der Waals surface area contributed by atoms with Crippen LogP contribution in [0.25, 0.3) is 0 Å². The lowest BCUT2D eigenvalue weighted by Gasteiger charge is -2.25. The Morgan fingerprint density at radius 3 is 2.71 bits per heavy atom. The monoisotopic (exact) mass is 231 g/mol. The molecule has 2 rings (SSSR count). The minimum absolute atomic E-state index is 0.137. The number of likely N-dealkylation sites (N-methyl/N-ethyl adjacent to an activating group) is 1. The normalized spacial score (nSPS) is 21.5. The highest BCUT2D eigenvalue weighted by molar-refractivity contribution is 5.84. The van der Waals surface area contributed by atoms with Crippen molar-refractivity contribution in [3.05, 3.63) is 35.9 Å². The first kappa shape index (κ1) is 12.3. The largest absolute Gasteiger partial charge is 0.298 e. The maximum atomic E-state index is 12.0. The SMILES string of the molecule is CN(Cc1ccccc1)C1CCCCCC1=O. The molecule has 1 fully saturated rings. The molecule has 0 bridgehead atoms. The maximum absolute atomic E-state index is 12.0. The summed E-state index contributed by atoms with van der Waals surface area (Å²) in [4.78, 5) is 14.2. The van der Waals surface area contributed by atoms with Gasteiger partial charge in [0.2, 0.25) is 0 Å². The van der Waals surface area contributed by atoms with E-state index in [1.54, 1.807) is 0 Å². The third-order valence-electron chi connectivity index (χ3n) is 3.58. The number of Topliss-reactive ketones (excluding diaryl/α,β-unsaturated/α-hetero) is 1. The molecule has 0 saturated heterocycles. The summed E-state index contributed by atoms with van der Waals surface area (Å²) < 4.78 is 0. The molecule has 1 saturated carbocycles. The molecule has 2 heteroatoms. The van der Waals surface area contributed by atoms with Crippen LogP contribution in [0.15, 0.2) is 30.3 Å². The Labute approximate surface area is 104 Å². The minimum atomic E-state index is 0.137. The van der Waals surface area contributed by atoms with Gasteiger partial charge in [0.25, 0.3) is 0 Å². The van der Waals surface area contributed by atoms with Crippen molar-refractivity contribution < 1.29 is 4.79 Å². The molecule has 1 unspecified atom stereocenters. The highest BCUT2D eigenvalue weighted by Gasteiger charge is 2.24. The average molecular weight is 231 g/mol. The second-order valence-electron chi connectivity index (χ2n) is 4.98. The van der Waals surface area contributed by atoms with E-state index in [9.17, 15) is 4.79 Å². The van der Waals surface area contributed by atoms with Gasteiger partial charge in [-0.15, -0.1) is 0 Å². The number of ketones is 1. The van der Waals surface area contributed by atoms with Crippen LogP contribution in [0.4, 0.5) is 0 Å². The van der Waals surface area contributed by atoms with Gasteiger partial charge >= 0.3 is 0 Å². The summed E-state index contributed by atoms with van der Waals surface area (Å²) in [6, 6.07) is 10.5. The van der Waals surface area contributed by atoms with Crippen molar-refractivity contribution in [1.29, 1.82) is 0 Å². The van der Waals surface area contributed by atoms with E-state index in [-0.39, 0.29) is 6.04 Å². The van der Waals surface area contributed by atoms with Gasteiger partial charge in [-0.3, -0.25) is 9.69 Å². The van der Waals surface area contributed by atoms with Crippen molar-refractivity contribution in [1.82, 2.24) is 4.90 Å². The fraction of sp³-hybridized carbons (Fsp3) is 0.533. The fourth-order valence-electron chi connectivity index (χ4n) is 2.59. The summed E-state index contributed by atoms with van der Waals surface area (Å²) in [5.74, 6) is 0.431. The van der Waals surface area contributed by atoms with E-state index in [4.69, 9.17) is 0 Å². The lowest BCUT2D eigenvalue weighted by atomic mass is 10.1. The Morgan fingerprint density at radius 1 is 1.18 bits per heavy atom. The zero-order chi connectivity index (χ0) is 12.1. The molecule has 92 valence electrons. The molecular formula is C15H21NO. The second-order valence-corrected chi connectivity index (χ2v) is 4.98. The molecule has 1 aromatic rings. The number of rotatable bonds is 3. The number of carbonyl (C=O) groups is 1. The molecule has 0 aliphatic heterocycles. The molecule has 1 atom stereocenters. The van der Waals surface area contributed by atoms with Crippen LogP contribution in [-0.4, -0.2) is 23.8 Å². The van der Waals surface area contributed by atoms with Gasteiger partial charge in [-0.05, 0) is 25.5 Å². The summed E-state index contributed by atoms with van der Waals surface area (Å²) in [6.45, 7) is 0.872. The van der Waals surface area contributed by atoms with Crippen LogP contribution in [-0.2, 0) is 11.3 Å². The molecule has 1 aliphatic rings. The molecule has 0 amide bonds. The Morgan fingerprint density at radius 2 is 1.94 bits per heavy atom. The van der Waals surface area contributed by atoms with Crippen molar-refractivity contribution in [3.8, 4) is 0 Å². The zero-order valence-corrected chi connectivity index (χ0v) is 10.6. The van der Waals surface area contributed by atoms with Gasteiger partial charge in [0.15, 0.2) is 0 Å². The lowest BCUT2D eigenvalue weighted by Crippen LogP contribution is -2.37. The van der Waals surface area contributed by atoms with E-state index in [1.807, 2.05) is 6.07 Å². The Hall–Kier alpha value is -1.15. The Bertz CT molecular complexity index is 360.